The molecule has 0 saturated carbocycles. The number of piperidine rings is 1. The smallest absolute Gasteiger partial charge is 0.0936 e. The monoisotopic (exact) mass is 445 g/mol. The number of anilines is 2. The van der Waals surface area contributed by atoms with E-state index in [9.17, 15) is 0 Å². The number of hydrogen-bond acceptors (Lipinski definition) is 4. The molecule has 0 unspecified atom stereocenters. The Bertz CT molecular complexity index is 1240. The average Bonchev–Trinajstić information content (AvgIpc) is 3.33. The number of pyridine rings is 1. The second-order valence-corrected chi connectivity index (χ2v) is 9.39. The van der Waals surface area contributed by atoms with Gasteiger partial charge in [0.25, 0.3) is 0 Å². The lowest BCUT2D eigenvalue weighted by molar-refractivity contribution is 0.160. The zero-order valence-corrected chi connectivity index (χ0v) is 18.9. The first kappa shape index (κ1) is 19.9. The zero-order chi connectivity index (χ0) is 21.5. The number of fused-ring (bicyclic) bond motifs is 2. The highest BCUT2D eigenvalue weighted by Gasteiger charge is 2.28. The average molecular weight is 446 g/mol. The fraction of sp³-hybridized carbons (Fsp3) is 0.346. The van der Waals surface area contributed by atoms with Crippen LogP contribution in [0, 0.1) is 0 Å². The first-order valence-corrected chi connectivity index (χ1v) is 12.0. The van der Waals surface area contributed by atoms with E-state index in [4.69, 9.17) is 11.6 Å². The molecule has 0 bridgehead atoms. The van der Waals surface area contributed by atoms with Crippen molar-refractivity contribution in [3.8, 4) is 0 Å². The predicted octanol–water partition coefficient (Wildman–Crippen LogP) is 5.16. The van der Waals surface area contributed by atoms with Gasteiger partial charge >= 0.3 is 0 Å². The highest BCUT2D eigenvalue weighted by Crippen LogP contribution is 2.32. The van der Waals surface area contributed by atoms with Crippen molar-refractivity contribution in [2.75, 3.05) is 49.1 Å². The molecule has 2 aliphatic heterocycles. The van der Waals surface area contributed by atoms with Crippen LogP contribution >= 0.6 is 11.6 Å². The van der Waals surface area contributed by atoms with Crippen LogP contribution in [0.2, 0.25) is 5.02 Å². The van der Waals surface area contributed by atoms with Gasteiger partial charge in [-0.3, -0.25) is 9.88 Å². The fourth-order valence-electron chi connectivity index (χ4n) is 5.52. The fourth-order valence-corrected chi connectivity index (χ4v) is 5.74. The summed E-state index contributed by atoms with van der Waals surface area (Å²) in [5.74, 6) is 0. The van der Waals surface area contributed by atoms with Gasteiger partial charge in [-0.05, 0) is 49.2 Å². The molecular weight excluding hydrogens is 418 g/mol. The van der Waals surface area contributed by atoms with Gasteiger partial charge < -0.3 is 14.8 Å². The van der Waals surface area contributed by atoms with Crippen molar-refractivity contribution in [1.29, 1.82) is 0 Å². The van der Waals surface area contributed by atoms with Gasteiger partial charge in [0.15, 0.2) is 0 Å². The largest absolute Gasteiger partial charge is 0.370 e. The summed E-state index contributed by atoms with van der Waals surface area (Å²) in [7, 11) is 0. The molecule has 0 aliphatic carbocycles. The van der Waals surface area contributed by atoms with Crippen LogP contribution in [0.3, 0.4) is 0 Å². The minimum absolute atomic E-state index is 0.662. The molecule has 5 nitrogen and oxygen atoms in total. The minimum Gasteiger partial charge on any atom is -0.370 e. The van der Waals surface area contributed by atoms with Crippen LogP contribution in [0.1, 0.15) is 12.8 Å². The maximum Gasteiger partial charge on any atom is 0.0936 e. The van der Waals surface area contributed by atoms with Gasteiger partial charge in [-0.15, -0.1) is 0 Å². The normalized spacial score (nSPS) is 18.7. The molecule has 6 heteroatoms. The van der Waals surface area contributed by atoms with Crippen LogP contribution in [0.4, 0.5) is 11.4 Å². The van der Waals surface area contributed by atoms with Crippen LogP contribution in [0.25, 0.3) is 21.8 Å². The van der Waals surface area contributed by atoms with Gasteiger partial charge in [-0.2, -0.15) is 0 Å². The minimum atomic E-state index is 0.662. The van der Waals surface area contributed by atoms with Gasteiger partial charge in [0.05, 0.1) is 11.2 Å². The van der Waals surface area contributed by atoms with E-state index in [-0.39, 0.29) is 0 Å². The highest BCUT2D eigenvalue weighted by molar-refractivity contribution is 6.31. The molecule has 1 N–H and O–H groups in total. The summed E-state index contributed by atoms with van der Waals surface area (Å²) in [4.78, 5) is 15.7. The summed E-state index contributed by atoms with van der Waals surface area (Å²) in [5, 5.41) is 3.23. The molecule has 2 fully saturated rings. The van der Waals surface area contributed by atoms with Crippen molar-refractivity contribution < 1.29 is 0 Å². The van der Waals surface area contributed by atoms with Crippen molar-refractivity contribution in [2.45, 2.75) is 18.9 Å². The van der Waals surface area contributed by atoms with Gasteiger partial charge in [0.1, 0.15) is 0 Å². The molecule has 0 amide bonds. The van der Waals surface area contributed by atoms with Crippen LogP contribution in [-0.4, -0.2) is 60.2 Å². The molecule has 2 aromatic heterocycles. The standard InChI is InChI=1S/C26H28ClN5/c27-20-17-19-3-2-9-29-26(19)25(18-20)31-11-7-21(8-12-31)30-13-15-32(16-14-30)24-5-1-4-23-22(24)6-10-28-23/h1-6,9-10,17-18,21,28H,7-8,11-16H2. The van der Waals surface area contributed by atoms with Gasteiger partial charge in [0.2, 0.25) is 0 Å². The third-order valence-electron chi connectivity index (χ3n) is 7.20. The summed E-state index contributed by atoms with van der Waals surface area (Å²) in [6.45, 7) is 6.56. The third kappa shape index (κ3) is 3.59. The number of benzene rings is 2. The van der Waals surface area contributed by atoms with E-state index in [1.54, 1.807) is 0 Å². The number of aromatic nitrogens is 2. The number of nitrogens with zero attached hydrogens (tertiary/aromatic N) is 4. The van der Waals surface area contributed by atoms with Crippen molar-refractivity contribution in [1.82, 2.24) is 14.9 Å². The predicted molar refractivity (Wildman–Crippen MR) is 134 cm³/mol. The summed E-state index contributed by atoms with van der Waals surface area (Å²) >= 11 is 6.42. The molecule has 2 saturated heterocycles. The van der Waals surface area contributed by atoms with E-state index < -0.39 is 0 Å². The van der Waals surface area contributed by atoms with E-state index in [2.05, 4.69) is 61.1 Å². The molecule has 2 aliphatic rings. The first-order chi connectivity index (χ1) is 15.8. The Morgan fingerprint density at radius 1 is 0.844 bits per heavy atom. The lowest BCUT2D eigenvalue weighted by Crippen LogP contribution is -2.53. The number of H-pyrrole nitrogens is 1. The number of aromatic amines is 1. The number of piperazine rings is 1. The van der Waals surface area contributed by atoms with E-state index in [0.717, 1.165) is 55.2 Å². The Kier molecular flexibility index (Phi) is 5.16. The van der Waals surface area contributed by atoms with E-state index in [0.29, 0.717) is 6.04 Å². The Hall–Kier alpha value is -2.76. The van der Waals surface area contributed by atoms with Crippen LogP contribution in [0.5, 0.6) is 0 Å². The van der Waals surface area contributed by atoms with E-state index in [1.165, 1.54) is 35.1 Å². The second-order valence-electron chi connectivity index (χ2n) is 8.96. The number of nitrogens with one attached hydrogen (secondary N) is 1. The van der Waals surface area contributed by atoms with Crippen LogP contribution < -0.4 is 9.80 Å². The topological polar surface area (TPSA) is 38.4 Å². The quantitative estimate of drug-likeness (QED) is 0.472. The molecule has 0 spiro atoms. The SMILES string of the molecule is Clc1cc(N2CCC(N3CCN(c4cccc5[nH]ccc45)CC3)CC2)c2ncccc2c1. The summed E-state index contributed by atoms with van der Waals surface area (Å²) in [5.41, 5.74) is 4.82. The molecular formula is C26H28ClN5. The second kappa shape index (κ2) is 8.30. The van der Waals surface area contributed by atoms with E-state index >= 15 is 0 Å². The molecule has 4 heterocycles. The van der Waals surface area contributed by atoms with Crippen LogP contribution in [0.15, 0.2) is 60.9 Å². The Balaban J connectivity index is 1.11. The highest BCUT2D eigenvalue weighted by atomic mass is 35.5. The summed E-state index contributed by atoms with van der Waals surface area (Å²) < 4.78 is 0. The Labute approximate surface area is 193 Å². The molecule has 0 atom stereocenters. The lowest BCUT2D eigenvalue weighted by Gasteiger charge is -2.44. The van der Waals surface area contributed by atoms with Crippen LogP contribution in [-0.2, 0) is 0 Å². The molecule has 164 valence electrons. The van der Waals surface area contributed by atoms with E-state index in [1.807, 2.05) is 24.5 Å². The summed E-state index contributed by atoms with van der Waals surface area (Å²) in [6.07, 6.45) is 6.29. The number of halogens is 1. The van der Waals surface area contributed by atoms with Gasteiger partial charge in [-0.25, -0.2) is 0 Å². The van der Waals surface area contributed by atoms with Gasteiger partial charge in [-0.1, -0.05) is 23.7 Å². The number of hydrogen-bond donors (Lipinski definition) is 1. The molecule has 2 aromatic carbocycles. The van der Waals surface area contributed by atoms with Crippen molar-refractivity contribution in [3.05, 3.63) is 65.9 Å². The summed E-state index contributed by atoms with van der Waals surface area (Å²) in [6, 6.07) is 17.6. The van der Waals surface area contributed by atoms with Crippen molar-refractivity contribution >= 4 is 44.8 Å². The third-order valence-corrected chi connectivity index (χ3v) is 7.42. The molecule has 32 heavy (non-hydrogen) atoms. The zero-order valence-electron chi connectivity index (χ0n) is 18.2. The van der Waals surface area contributed by atoms with Gasteiger partial charge in [0, 0.05) is 84.7 Å². The van der Waals surface area contributed by atoms with Crippen molar-refractivity contribution in [3.63, 3.8) is 0 Å². The Morgan fingerprint density at radius 2 is 1.66 bits per heavy atom. The van der Waals surface area contributed by atoms with Crippen molar-refractivity contribution in [2.24, 2.45) is 0 Å². The Morgan fingerprint density at radius 3 is 2.50 bits per heavy atom. The first-order valence-electron chi connectivity index (χ1n) is 11.6. The molecule has 6 rings (SSSR count). The maximum absolute atomic E-state index is 6.42. The molecule has 0 radical (unpaired) electrons. The lowest BCUT2D eigenvalue weighted by atomic mass is 10.0. The molecule has 4 aromatic rings. The maximum atomic E-state index is 6.42. The number of rotatable bonds is 3.